The molecule has 3 saturated heterocycles. The molecular weight excluding hydrogens is 322 g/mol. The van der Waals surface area contributed by atoms with Crippen LogP contribution in [0, 0.1) is 0 Å². The second-order valence-corrected chi connectivity index (χ2v) is 6.75. The van der Waals surface area contributed by atoms with Gasteiger partial charge in [0.1, 0.15) is 24.9 Å². The molecule has 0 bridgehead atoms. The SMILES string of the molecule is NS(=O)(=O)OCC12OCOC1C1OS(=O)(=O)OC1CO2. The van der Waals surface area contributed by atoms with Gasteiger partial charge in [0.25, 0.3) is 0 Å². The first-order valence-electron chi connectivity index (χ1n) is 5.39. The topological polar surface area (TPSA) is 150 Å². The van der Waals surface area contributed by atoms with Crippen molar-refractivity contribution in [2.75, 3.05) is 20.0 Å². The van der Waals surface area contributed by atoms with E-state index in [0.717, 1.165) is 0 Å². The quantitative estimate of drug-likeness (QED) is 0.579. The molecule has 0 saturated carbocycles. The summed E-state index contributed by atoms with van der Waals surface area (Å²) in [5, 5.41) is 4.73. The Balaban J connectivity index is 1.82. The largest absolute Gasteiger partial charge is 0.400 e. The molecule has 3 fully saturated rings. The Labute approximate surface area is 114 Å². The van der Waals surface area contributed by atoms with Crippen LogP contribution in [0.15, 0.2) is 0 Å². The number of hydrogen-bond donors (Lipinski definition) is 1. The molecule has 13 heteroatoms. The van der Waals surface area contributed by atoms with Crippen molar-refractivity contribution in [3.05, 3.63) is 0 Å². The average molecular weight is 333 g/mol. The van der Waals surface area contributed by atoms with Gasteiger partial charge in [-0.25, -0.2) is 13.5 Å². The second-order valence-electron chi connectivity index (χ2n) is 4.33. The van der Waals surface area contributed by atoms with E-state index in [2.05, 4.69) is 8.37 Å². The van der Waals surface area contributed by atoms with Crippen molar-refractivity contribution in [3.8, 4) is 0 Å². The molecule has 20 heavy (non-hydrogen) atoms. The van der Waals surface area contributed by atoms with Crippen molar-refractivity contribution in [2.24, 2.45) is 5.14 Å². The van der Waals surface area contributed by atoms with Crippen molar-refractivity contribution < 1.29 is 43.6 Å². The molecule has 0 aromatic rings. The van der Waals surface area contributed by atoms with Gasteiger partial charge in [-0.15, -0.1) is 0 Å². The summed E-state index contributed by atoms with van der Waals surface area (Å²) in [6.07, 6.45) is -2.94. The normalized spacial score (nSPS) is 43.1. The van der Waals surface area contributed by atoms with E-state index >= 15 is 0 Å². The molecule has 116 valence electrons. The summed E-state index contributed by atoms with van der Waals surface area (Å²) in [4.78, 5) is 0. The van der Waals surface area contributed by atoms with E-state index in [4.69, 9.17) is 23.5 Å². The van der Waals surface area contributed by atoms with Crippen LogP contribution in [0.2, 0.25) is 0 Å². The number of hydrogen-bond acceptors (Lipinski definition) is 10. The molecule has 0 aromatic heterocycles. The third-order valence-electron chi connectivity index (χ3n) is 3.04. The van der Waals surface area contributed by atoms with Gasteiger partial charge >= 0.3 is 20.7 Å². The monoisotopic (exact) mass is 333 g/mol. The minimum atomic E-state index is -4.22. The zero-order valence-corrected chi connectivity index (χ0v) is 11.5. The van der Waals surface area contributed by atoms with Gasteiger partial charge in [0, 0.05) is 0 Å². The van der Waals surface area contributed by atoms with Crippen molar-refractivity contribution in [3.63, 3.8) is 0 Å². The van der Waals surface area contributed by atoms with Crippen LogP contribution in [0.3, 0.4) is 0 Å². The average Bonchev–Trinajstić information content (AvgIpc) is 2.85. The minimum Gasteiger partial charge on any atom is -0.343 e. The van der Waals surface area contributed by atoms with E-state index in [1.165, 1.54) is 0 Å². The highest BCUT2D eigenvalue weighted by molar-refractivity contribution is 7.84. The first kappa shape index (κ1) is 14.6. The van der Waals surface area contributed by atoms with Gasteiger partial charge in [0.05, 0.1) is 6.61 Å². The van der Waals surface area contributed by atoms with Crippen molar-refractivity contribution in [2.45, 2.75) is 24.1 Å². The summed E-state index contributed by atoms with van der Waals surface area (Å²) >= 11 is 0. The van der Waals surface area contributed by atoms with Crippen molar-refractivity contribution >= 4 is 20.7 Å². The van der Waals surface area contributed by atoms with Crippen LogP contribution in [0.25, 0.3) is 0 Å². The third kappa shape index (κ3) is 2.56. The van der Waals surface area contributed by atoms with Crippen LogP contribution in [-0.2, 0) is 47.5 Å². The summed E-state index contributed by atoms with van der Waals surface area (Å²) in [7, 11) is -8.36. The lowest BCUT2D eigenvalue weighted by atomic mass is 9.98. The fourth-order valence-corrected chi connectivity index (χ4v) is 3.57. The van der Waals surface area contributed by atoms with Crippen LogP contribution >= 0.6 is 0 Å². The summed E-state index contributed by atoms with van der Waals surface area (Å²) in [6, 6.07) is 0. The van der Waals surface area contributed by atoms with Gasteiger partial charge in [-0.1, -0.05) is 0 Å². The number of nitrogens with two attached hydrogens (primary N) is 1. The number of rotatable bonds is 3. The first-order chi connectivity index (χ1) is 9.21. The van der Waals surface area contributed by atoms with Crippen LogP contribution in [0.5, 0.6) is 0 Å². The molecule has 3 aliphatic heterocycles. The van der Waals surface area contributed by atoms with Gasteiger partial charge < -0.3 is 14.2 Å². The Morgan fingerprint density at radius 1 is 1.30 bits per heavy atom. The Morgan fingerprint density at radius 2 is 2.05 bits per heavy atom. The highest BCUT2D eigenvalue weighted by atomic mass is 32.3. The molecular formula is C7H11NO10S2. The molecule has 0 aliphatic carbocycles. The Hall–Kier alpha value is -0.380. The molecule has 0 amide bonds. The summed E-state index contributed by atoms with van der Waals surface area (Å²) in [5.74, 6) is -1.61. The summed E-state index contributed by atoms with van der Waals surface area (Å²) in [5.41, 5.74) is 0. The van der Waals surface area contributed by atoms with E-state index in [0.29, 0.717) is 0 Å². The van der Waals surface area contributed by atoms with Crippen molar-refractivity contribution in [1.29, 1.82) is 0 Å². The number of ether oxygens (including phenoxy) is 3. The fraction of sp³-hybridized carbons (Fsp3) is 1.00. The lowest BCUT2D eigenvalue weighted by molar-refractivity contribution is -0.274. The van der Waals surface area contributed by atoms with E-state index in [-0.39, 0.29) is 13.4 Å². The highest BCUT2D eigenvalue weighted by Gasteiger charge is 2.62. The molecule has 3 aliphatic rings. The Kier molecular flexibility index (Phi) is 3.32. The predicted molar refractivity (Wildman–Crippen MR) is 57.2 cm³/mol. The lowest BCUT2D eigenvalue weighted by Crippen LogP contribution is -2.60. The van der Waals surface area contributed by atoms with Crippen molar-refractivity contribution in [1.82, 2.24) is 0 Å². The maximum absolute atomic E-state index is 11.3. The lowest BCUT2D eigenvalue weighted by Gasteiger charge is -2.39. The zero-order valence-electron chi connectivity index (χ0n) is 9.83. The van der Waals surface area contributed by atoms with Gasteiger partial charge in [-0.3, -0.25) is 4.18 Å². The van der Waals surface area contributed by atoms with E-state index < -0.39 is 51.4 Å². The van der Waals surface area contributed by atoms with E-state index in [1.807, 2.05) is 0 Å². The molecule has 3 heterocycles. The van der Waals surface area contributed by atoms with Gasteiger partial charge in [-0.05, 0) is 0 Å². The standard InChI is InChI=1S/C7H11NO10S2/c8-19(9,10)16-2-7-6(13-3-15-7)5-4(1-14-7)17-20(11,12)18-5/h4-6H,1-3H2,(H2,8,9,10). The van der Waals surface area contributed by atoms with Gasteiger partial charge in [0.15, 0.2) is 6.79 Å². The second kappa shape index (κ2) is 4.56. The summed E-state index contributed by atoms with van der Waals surface area (Å²) in [6.45, 7) is -1.04. The molecule has 0 aromatic carbocycles. The van der Waals surface area contributed by atoms with Crippen LogP contribution in [0.1, 0.15) is 0 Å². The maximum Gasteiger partial charge on any atom is 0.400 e. The van der Waals surface area contributed by atoms with Crippen LogP contribution in [-0.4, -0.2) is 60.9 Å². The minimum absolute atomic E-state index is 0.197. The molecule has 2 N–H and O–H groups in total. The fourth-order valence-electron chi connectivity index (χ4n) is 2.23. The molecule has 3 rings (SSSR count). The van der Waals surface area contributed by atoms with Crippen LogP contribution in [0.4, 0.5) is 0 Å². The smallest absolute Gasteiger partial charge is 0.343 e. The Morgan fingerprint density at radius 3 is 2.75 bits per heavy atom. The predicted octanol–water partition coefficient (Wildman–Crippen LogP) is -2.67. The van der Waals surface area contributed by atoms with E-state index in [9.17, 15) is 16.8 Å². The molecule has 11 nitrogen and oxygen atoms in total. The summed E-state index contributed by atoms with van der Waals surface area (Å²) < 4.78 is 73.8. The van der Waals surface area contributed by atoms with Gasteiger partial charge in [0.2, 0.25) is 5.79 Å². The van der Waals surface area contributed by atoms with Gasteiger partial charge in [-0.2, -0.15) is 16.8 Å². The maximum atomic E-state index is 11.3. The molecule has 4 unspecified atom stereocenters. The molecule has 4 atom stereocenters. The zero-order chi connectivity index (χ0) is 14.6. The van der Waals surface area contributed by atoms with Crippen LogP contribution < -0.4 is 5.14 Å². The number of fused-ring (bicyclic) bond motifs is 3. The third-order valence-corrected chi connectivity index (χ3v) is 4.42. The Bertz CT molecular complexity index is 601. The van der Waals surface area contributed by atoms with E-state index in [1.54, 1.807) is 0 Å². The first-order valence-corrected chi connectivity index (χ1v) is 8.19. The molecule has 0 radical (unpaired) electrons. The molecule has 0 spiro atoms. The highest BCUT2D eigenvalue weighted by Crippen LogP contribution is 2.40.